The normalized spacial score (nSPS) is 11.6. The summed E-state index contributed by atoms with van der Waals surface area (Å²) in [5.41, 5.74) is 1.15. The fourth-order valence-electron chi connectivity index (χ4n) is 1.29. The zero-order valence-electron chi connectivity index (χ0n) is 8.22. The van der Waals surface area contributed by atoms with Crippen LogP contribution in [0, 0.1) is 11.3 Å². The Kier molecular flexibility index (Phi) is 3.63. The van der Waals surface area contributed by atoms with Crippen molar-refractivity contribution in [2.45, 2.75) is 19.1 Å². The zero-order chi connectivity index (χ0) is 13.2. The Bertz CT molecular complexity index is 461. The highest BCUT2D eigenvalue weighted by atomic mass is 19.4. The number of nitrogens with two attached hydrogens (primary N) is 1. The van der Waals surface area contributed by atoms with Gasteiger partial charge in [0, 0.05) is 6.54 Å². The number of rotatable bonds is 2. The standard InChI is InChI=1S/C9H6F5N3/c10-8(11)5-1-4(2-15)7(9(12,13)14)6(3-16)17-5/h1,8H,2,15H2. The highest BCUT2D eigenvalue weighted by Crippen LogP contribution is 2.35. The smallest absolute Gasteiger partial charge is 0.326 e. The molecule has 0 aromatic carbocycles. The number of halogens is 5. The van der Waals surface area contributed by atoms with Gasteiger partial charge in [-0.2, -0.15) is 18.4 Å². The molecule has 92 valence electrons. The third kappa shape index (κ3) is 2.68. The fraction of sp³-hybridized carbons (Fsp3) is 0.333. The summed E-state index contributed by atoms with van der Waals surface area (Å²) in [6.07, 6.45) is -7.91. The number of alkyl halides is 5. The molecule has 3 nitrogen and oxygen atoms in total. The molecule has 0 fully saturated rings. The largest absolute Gasteiger partial charge is 0.419 e. The third-order valence-corrected chi connectivity index (χ3v) is 1.95. The molecule has 0 aliphatic carbocycles. The van der Waals surface area contributed by atoms with E-state index in [1.807, 2.05) is 0 Å². The molecule has 0 amide bonds. The van der Waals surface area contributed by atoms with Crippen molar-refractivity contribution in [2.75, 3.05) is 0 Å². The molecule has 0 spiro atoms. The van der Waals surface area contributed by atoms with Crippen LogP contribution in [-0.4, -0.2) is 4.98 Å². The van der Waals surface area contributed by atoms with Gasteiger partial charge in [-0.3, -0.25) is 0 Å². The van der Waals surface area contributed by atoms with E-state index in [2.05, 4.69) is 4.98 Å². The second-order valence-electron chi connectivity index (χ2n) is 3.04. The average molecular weight is 251 g/mol. The van der Waals surface area contributed by atoms with Crippen LogP contribution < -0.4 is 5.73 Å². The topological polar surface area (TPSA) is 62.7 Å². The Hall–Kier alpha value is -1.75. The molecule has 0 aliphatic heterocycles. The Morgan fingerprint density at radius 3 is 2.35 bits per heavy atom. The van der Waals surface area contributed by atoms with E-state index < -0.39 is 41.7 Å². The van der Waals surface area contributed by atoms with Crippen LogP contribution >= 0.6 is 0 Å². The fourth-order valence-corrected chi connectivity index (χ4v) is 1.29. The predicted octanol–water partition coefficient (Wildman–Crippen LogP) is 2.37. The molecule has 8 heteroatoms. The molecule has 0 saturated heterocycles. The lowest BCUT2D eigenvalue weighted by molar-refractivity contribution is -0.138. The molecule has 1 aromatic rings. The van der Waals surface area contributed by atoms with Gasteiger partial charge in [0.05, 0.1) is 5.56 Å². The number of aromatic nitrogens is 1. The summed E-state index contributed by atoms with van der Waals surface area (Å²) in [7, 11) is 0. The van der Waals surface area contributed by atoms with Crippen LogP contribution in [0.1, 0.15) is 28.9 Å². The lowest BCUT2D eigenvalue weighted by atomic mass is 10.0. The molecule has 0 atom stereocenters. The van der Waals surface area contributed by atoms with Crippen molar-refractivity contribution in [3.63, 3.8) is 0 Å². The molecule has 1 heterocycles. The van der Waals surface area contributed by atoms with Crippen LogP contribution in [0.15, 0.2) is 6.07 Å². The SMILES string of the molecule is N#Cc1nc(C(F)F)cc(CN)c1C(F)(F)F. The quantitative estimate of drug-likeness (QED) is 0.820. The van der Waals surface area contributed by atoms with E-state index in [1.54, 1.807) is 0 Å². The van der Waals surface area contributed by atoms with Crippen LogP contribution in [0.3, 0.4) is 0 Å². The van der Waals surface area contributed by atoms with E-state index in [0.29, 0.717) is 6.07 Å². The van der Waals surface area contributed by atoms with Gasteiger partial charge in [-0.15, -0.1) is 0 Å². The van der Waals surface area contributed by atoms with E-state index >= 15 is 0 Å². The number of hydrogen-bond donors (Lipinski definition) is 1. The minimum absolute atomic E-state index is 0.564. The lowest BCUT2D eigenvalue weighted by Gasteiger charge is -2.14. The summed E-state index contributed by atoms with van der Waals surface area (Å²) >= 11 is 0. The summed E-state index contributed by atoms with van der Waals surface area (Å²) in [4.78, 5) is 2.98. The van der Waals surface area contributed by atoms with Gasteiger partial charge in [-0.25, -0.2) is 13.8 Å². The molecule has 1 rings (SSSR count). The zero-order valence-corrected chi connectivity index (χ0v) is 8.22. The van der Waals surface area contributed by atoms with E-state index in [-0.39, 0.29) is 0 Å². The van der Waals surface area contributed by atoms with Crippen molar-refractivity contribution in [3.05, 3.63) is 28.6 Å². The second kappa shape index (κ2) is 4.63. The first kappa shape index (κ1) is 13.3. The van der Waals surface area contributed by atoms with Gasteiger partial charge in [-0.1, -0.05) is 0 Å². The van der Waals surface area contributed by atoms with Crippen LogP contribution in [0.25, 0.3) is 0 Å². The minimum atomic E-state index is -4.85. The average Bonchev–Trinajstić information content (AvgIpc) is 2.25. The van der Waals surface area contributed by atoms with E-state index in [4.69, 9.17) is 11.0 Å². The predicted molar refractivity (Wildman–Crippen MR) is 46.8 cm³/mol. The van der Waals surface area contributed by atoms with Gasteiger partial charge in [0.2, 0.25) is 0 Å². The number of nitrogens with zero attached hydrogens (tertiary/aromatic N) is 2. The summed E-state index contributed by atoms with van der Waals surface area (Å²) in [6, 6.07) is 1.72. The molecule has 1 aromatic heterocycles. The van der Waals surface area contributed by atoms with Crippen molar-refractivity contribution in [1.29, 1.82) is 5.26 Å². The van der Waals surface area contributed by atoms with Crippen LogP contribution in [-0.2, 0) is 12.7 Å². The molecule has 2 N–H and O–H groups in total. The summed E-state index contributed by atoms with van der Waals surface area (Å²) < 4.78 is 62.4. The minimum Gasteiger partial charge on any atom is -0.326 e. The van der Waals surface area contributed by atoms with Crippen LogP contribution in [0.5, 0.6) is 0 Å². The first-order chi connectivity index (χ1) is 7.81. The summed E-state index contributed by atoms with van der Waals surface area (Å²) in [5, 5.41) is 8.51. The number of nitriles is 1. The van der Waals surface area contributed by atoms with Crippen molar-refractivity contribution >= 4 is 0 Å². The Morgan fingerprint density at radius 1 is 1.41 bits per heavy atom. The molecular weight excluding hydrogens is 245 g/mol. The van der Waals surface area contributed by atoms with Crippen molar-refractivity contribution in [2.24, 2.45) is 5.73 Å². The van der Waals surface area contributed by atoms with Gasteiger partial charge in [0.1, 0.15) is 11.8 Å². The highest BCUT2D eigenvalue weighted by molar-refractivity contribution is 5.41. The maximum Gasteiger partial charge on any atom is 0.419 e. The Balaban J connectivity index is 3.55. The monoisotopic (exact) mass is 251 g/mol. The van der Waals surface area contributed by atoms with Gasteiger partial charge in [0.25, 0.3) is 6.43 Å². The van der Waals surface area contributed by atoms with E-state index in [0.717, 1.165) is 6.07 Å². The first-order valence-electron chi connectivity index (χ1n) is 4.30. The Labute approximate surface area is 92.7 Å². The summed E-state index contributed by atoms with van der Waals surface area (Å²) in [6.45, 7) is -0.605. The maximum absolute atomic E-state index is 12.6. The maximum atomic E-state index is 12.6. The Morgan fingerprint density at radius 2 is 2.00 bits per heavy atom. The van der Waals surface area contributed by atoms with Crippen molar-refractivity contribution in [3.8, 4) is 6.07 Å². The van der Waals surface area contributed by atoms with Crippen molar-refractivity contribution < 1.29 is 22.0 Å². The lowest BCUT2D eigenvalue weighted by Crippen LogP contribution is -2.16. The van der Waals surface area contributed by atoms with E-state index in [1.165, 1.54) is 0 Å². The molecule has 0 saturated carbocycles. The third-order valence-electron chi connectivity index (χ3n) is 1.95. The molecule has 0 aliphatic rings. The van der Waals surface area contributed by atoms with Gasteiger partial charge >= 0.3 is 6.18 Å². The molecular formula is C9H6F5N3. The number of hydrogen-bond acceptors (Lipinski definition) is 3. The first-order valence-corrected chi connectivity index (χ1v) is 4.30. The van der Waals surface area contributed by atoms with Gasteiger partial charge < -0.3 is 5.73 Å². The van der Waals surface area contributed by atoms with Gasteiger partial charge in [0.15, 0.2) is 5.69 Å². The van der Waals surface area contributed by atoms with Crippen LogP contribution in [0.4, 0.5) is 22.0 Å². The molecule has 17 heavy (non-hydrogen) atoms. The highest BCUT2D eigenvalue weighted by Gasteiger charge is 2.37. The second-order valence-corrected chi connectivity index (χ2v) is 3.04. The molecule has 0 unspecified atom stereocenters. The molecule has 0 radical (unpaired) electrons. The number of pyridine rings is 1. The van der Waals surface area contributed by atoms with Crippen LogP contribution in [0.2, 0.25) is 0 Å². The molecule has 0 bridgehead atoms. The van der Waals surface area contributed by atoms with Crippen molar-refractivity contribution in [1.82, 2.24) is 4.98 Å². The van der Waals surface area contributed by atoms with E-state index in [9.17, 15) is 22.0 Å². The van der Waals surface area contributed by atoms with Gasteiger partial charge in [-0.05, 0) is 11.6 Å². The summed E-state index contributed by atoms with van der Waals surface area (Å²) in [5.74, 6) is 0.